The number of ether oxygens (including phenoxy) is 1. The Morgan fingerprint density at radius 1 is 1.12 bits per heavy atom. The highest BCUT2D eigenvalue weighted by molar-refractivity contribution is 7.99. The fourth-order valence-corrected chi connectivity index (χ4v) is 5.39. The number of carbonyl (C=O) groups excluding carboxylic acids is 2. The SMILES string of the molecule is COCCn1c(SCC(=O)c2ccc(NC(C)=O)cc2)nc2scc(-c3ccccc3)c2c1=O. The Labute approximate surface area is 204 Å². The van der Waals surface area contributed by atoms with Gasteiger partial charge in [-0.05, 0) is 29.8 Å². The number of nitrogens with one attached hydrogen (secondary N) is 1. The van der Waals surface area contributed by atoms with Crippen LogP contribution in [0.5, 0.6) is 0 Å². The van der Waals surface area contributed by atoms with Gasteiger partial charge in [0.1, 0.15) is 4.83 Å². The van der Waals surface area contributed by atoms with Crippen molar-refractivity contribution in [2.24, 2.45) is 0 Å². The Bertz CT molecular complexity index is 1380. The average Bonchev–Trinajstić information content (AvgIpc) is 3.27. The van der Waals surface area contributed by atoms with E-state index in [0.29, 0.717) is 39.8 Å². The Hall–Kier alpha value is -3.27. The van der Waals surface area contributed by atoms with Gasteiger partial charge in [-0.2, -0.15) is 0 Å². The van der Waals surface area contributed by atoms with E-state index < -0.39 is 0 Å². The number of aromatic nitrogens is 2. The maximum Gasteiger partial charge on any atom is 0.263 e. The van der Waals surface area contributed by atoms with Crippen molar-refractivity contribution in [2.45, 2.75) is 18.6 Å². The number of rotatable bonds is 9. The summed E-state index contributed by atoms with van der Waals surface area (Å²) < 4.78 is 6.79. The van der Waals surface area contributed by atoms with Gasteiger partial charge >= 0.3 is 0 Å². The van der Waals surface area contributed by atoms with Crippen molar-refractivity contribution in [3.8, 4) is 11.1 Å². The summed E-state index contributed by atoms with van der Waals surface area (Å²) in [6.45, 7) is 2.12. The molecule has 0 fully saturated rings. The van der Waals surface area contributed by atoms with Crippen LogP contribution in [0.2, 0.25) is 0 Å². The molecule has 0 aliphatic heterocycles. The number of methoxy groups -OCH3 is 1. The van der Waals surface area contributed by atoms with Crippen molar-refractivity contribution >= 4 is 50.7 Å². The molecule has 0 aliphatic rings. The number of benzene rings is 2. The monoisotopic (exact) mass is 493 g/mol. The van der Waals surface area contributed by atoms with Gasteiger partial charge in [-0.15, -0.1) is 11.3 Å². The van der Waals surface area contributed by atoms with Gasteiger partial charge in [0, 0.05) is 36.2 Å². The summed E-state index contributed by atoms with van der Waals surface area (Å²) in [5, 5.41) is 5.69. The highest BCUT2D eigenvalue weighted by Gasteiger charge is 2.18. The summed E-state index contributed by atoms with van der Waals surface area (Å²) in [7, 11) is 1.58. The minimum absolute atomic E-state index is 0.0943. The molecule has 9 heteroatoms. The van der Waals surface area contributed by atoms with Crippen LogP contribution in [-0.2, 0) is 16.1 Å². The molecule has 174 valence electrons. The molecule has 0 spiro atoms. The number of anilines is 1. The molecule has 0 saturated carbocycles. The van der Waals surface area contributed by atoms with E-state index in [4.69, 9.17) is 9.72 Å². The van der Waals surface area contributed by atoms with Crippen LogP contribution in [0.1, 0.15) is 17.3 Å². The fraction of sp³-hybridized carbons (Fsp3) is 0.200. The van der Waals surface area contributed by atoms with Crippen molar-refractivity contribution in [1.82, 2.24) is 9.55 Å². The lowest BCUT2D eigenvalue weighted by molar-refractivity contribution is -0.114. The molecule has 4 aromatic rings. The van der Waals surface area contributed by atoms with Crippen LogP contribution < -0.4 is 10.9 Å². The van der Waals surface area contributed by atoms with Gasteiger partial charge in [-0.1, -0.05) is 42.1 Å². The molecule has 0 unspecified atom stereocenters. The second-order valence-corrected chi connectivity index (χ2v) is 9.31. The topological polar surface area (TPSA) is 90.3 Å². The van der Waals surface area contributed by atoms with E-state index >= 15 is 0 Å². The predicted molar refractivity (Wildman–Crippen MR) is 137 cm³/mol. The molecule has 2 aromatic carbocycles. The normalized spacial score (nSPS) is 11.0. The molecular formula is C25H23N3O4S2. The molecule has 7 nitrogen and oxygen atoms in total. The quantitative estimate of drug-likeness (QED) is 0.206. The molecule has 0 bridgehead atoms. The number of nitrogens with zero attached hydrogens (tertiary/aromatic N) is 2. The van der Waals surface area contributed by atoms with Crippen molar-refractivity contribution in [3.05, 3.63) is 75.9 Å². The van der Waals surface area contributed by atoms with Gasteiger partial charge < -0.3 is 10.1 Å². The number of ketones is 1. The van der Waals surface area contributed by atoms with E-state index in [1.165, 1.54) is 30.0 Å². The third-order valence-corrected chi connectivity index (χ3v) is 6.97. The first kappa shape index (κ1) is 23.9. The summed E-state index contributed by atoms with van der Waals surface area (Å²) in [6.07, 6.45) is 0. The summed E-state index contributed by atoms with van der Waals surface area (Å²) in [6, 6.07) is 16.5. The first-order valence-corrected chi connectivity index (χ1v) is 12.4. The Morgan fingerprint density at radius 2 is 1.85 bits per heavy atom. The lowest BCUT2D eigenvalue weighted by Crippen LogP contribution is -2.25. The van der Waals surface area contributed by atoms with Gasteiger partial charge in [-0.3, -0.25) is 19.0 Å². The van der Waals surface area contributed by atoms with E-state index in [1.807, 2.05) is 35.7 Å². The van der Waals surface area contributed by atoms with Gasteiger partial charge in [-0.25, -0.2) is 4.98 Å². The molecule has 4 rings (SSSR count). The molecule has 0 saturated heterocycles. The Morgan fingerprint density at radius 3 is 2.53 bits per heavy atom. The number of carbonyl (C=O) groups is 2. The van der Waals surface area contributed by atoms with Crippen molar-refractivity contribution in [1.29, 1.82) is 0 Å². The van der Waals surface area contributed by atoms with Crippen LogP contribution in [0.3, 0.4) is 0 Å². The minimum Gasteiger partial charge on any atom is -0.383 e. The zero-order valence-corrected chi connectivity index (χ0v) is 20.4. The summed E-state index contributed by atoms with van der Waals surface area (Å²) in [4.78, 5) is 42.8. The van der Waals surface area contributed by atoms with E-state index in [1.54, 1.807) is 35.9 Å². The number of fused-ring (bicyclic) bond motifs is 1. The molecule has 0 aliphatic carbocycles. The van der Waals surface area contributed by atoms with Gasteiger partial charge in [0.25, 0.3) is 5.56 Å². The summed E-state index contributed by atoms with van der Waals surface area (Å²) in [5.74, 6) is -0.140. The van der Waals surface area contributed by atoms with Crippen LogP contribution in [0, 0.1) is 0 Å². The number of thioether (sulfide) groups is 1. The van der Waals surface area contributed by atoms with E-state index in [0.717, 1.165) is 11.1 Å². The number of thiophene rings is 1. The number of amides is 1. The van der Waals surface area contributed by atoms with Gasteiger partial charge in [0.2, 0.25) is 5.91 Å². The maximum absolute atomic E-state index is 13.5. The lowest BCUT2D eigenvalue weighted by Gasteiger charge is -2.12. The molecule has 0 radical (unpaired) electrons. The maximum atomic E-state index is 13.5. The molecule has 2 heterocycles. The van der Waals surface area contributed by atoms with E-state index in [2.05, 4.69) is 5.32 Å². The van der Waals surface area contributed by atoms with Crippen molar-refractivity contribution in [2.75, 3.05) is 24.8 Å². The Balaban J connectivity index is 1.62. The second kappa shape index (κ2) is 10.8. The third kappa shape index (κ3) is 5.27. The zero-order valence-electron chi connectivity index (χ0n) is 18.7. The minimum atomic E-state index is -0.172. The third-order valence-electron chi connectivity index (χ3n) is 5.12. The molecule has 2 aromatic heterocycles. The smallest absolute Gasteiger partial charge is 0.263 e. The zero-order chi connectivity index (χ0) is 24.1. The van der Waals surface area contributed by atoms with Gasteiger partial charge in [0.05, 0.1) is 24.3 Å². The number of hydrogen-bond donors (Lipinski definition) is 1. The number of Topliss-reactive ketones (excluding diaryl/α,β-unsaturated/α-hetero) is 1. The van der Waals surface area contributed by atoms with Crippen molar-refractivity contribution in [3.63, 3.8) is 0 Å². The molecular weight excluding hydrogens is 470 g/mol. The Kier molecular flexibility index (Phi) is 7.56. The first-order chi connectivity index (χ1) is 16.5. The average molecular weight is 494 g/mol. The number of hydrogen-bond acceptors (Lipinski definition) is 7. The van der Waals surface area contributed by atoms with Crippen LogP contribution >= 0.6 is 23.1 Å². The van der Waals surface area contributed by atoms with Crippen LogP contribution in [0.15, 0.2) is 69.9 Å². The van der Waals surface area contributed by atoms with E-state index in [-0.39, 0.29) is 23.0 Å². The standard InChI is InChI=1S/C25H23N3O4S2/c1-16(29)26-19-10-8-18(9-11-19)21(30)15-34-25-27-23-22(24(31)28(25)12-13-32-2)20(14-33-23)17-6-4-3-5-7-17/h3-11,14H,12-13,15H2,1-2H3,(H,26,29). The van der Waals surface area contributed by atoms with Gasteiger partial charge in [0.15, 0.2) is 10.9 Å². The largest absolute Gasteiger partial charge is 0.383 e. The fourth-order valence-electron chi connectivity index (χ4n) is 3.48. The highest BCUT2D eigenvalue weighted by atomic mass is 32.2. The lowest BCUT2D eigenvalue weighted by atomic mass is 10.1. The van der Waals surface area contributed by atoms with E-state index in [9.17, 15) is 14.4 Å². The van der Waals surface area contributed by atoms with Crippen LogP contribution in [0.25, 0.3) is 21.3 Å². The summed E-state index contributed by atoms with van der Waals surface area (Å²) >= 11 is 2.65. The molecule has 34 heavy (non-hydrogen) atoms. The molecule has 0 atom stereocenters. The van der Waals surface area contributed by atoms with Crippen LogP contribution in [-0.4, -0.2) is 40.7 Å². The van der Waals surface area contributed by atoms with Crippen LogP contribution in [0.4, 0.5) is 5.69 Å². The molecule has 1 N–H and O–H groups in total. The first-order valence-electron chi connectivity index (χ1n) is 10.6. The predicted octanol–water partition coefficient (Wildman–Crippen LogP) is 4.70. The van der Waals surface area contributed by atoms with Crippen molar-refractivity contribution < 1.29 is 14.3 Å². The second-order valence-electron chi connectivity index (χ2n) is 7.51. The summed E-state index contributed by atoms with van der Waals surface area (Å²) in [5.41, 5.74) is 2.83. The highest BCUT2D eigenvalue weighted by Crippen LogP contribution is 2.32. The molecule has 1 amide bonds.